The van der Waals surface area contributed by atoms with Crippen molar-refractivity contribution in [3.8, 4) is 21.4 Å². The van der Waals surface area contributed by atoms with E-state index in [4.69, 9.17) is 0 Å². The van der Waals surface area contributed by atoms with Gasteiger partial charge in [0.25, 0.3) is 0 Å². The summed E-state index contributed by atoms with van der Waals surface area (Å²) < 4.78 is 4.00. The third kappa shape index (κ3) is 1.95. The lowest BCUT2D eigenvalue weighted by molar-refractivity contribution is 0.812. The fourth-order valence-corrected chi connectivity index (χ4v) is 3.03. The fourth-order valence-electron chi connectivity index (χ4n) is 1.62. The third-order valence-electron chi connectivity index (χ3n) is 2.50. The first-order chi connectivity index (χ1) is 8.75. The Bertz CT molecular complexity index is 638. The van der Waals surface area contributed by atoms with Gasteiger partial charge in [-0.2, -0.15) is 5.10 Å². The molecule has 0 unspecified atom stereocenters. The van der Waals surface area contributed by atoms with Crippen LogP contribution in [0.1, 0.15) is 25.5 Å². The zero-order valence-corrected chi connectivity index (χ0v) is 11.5. The molecular weight excluding hydrogens is 266 g/mol. The lowest BCUT2D eigenvalue weighted by atomic mass is 10.1. The van der Waals surface area contributed by atoms with Crippen LogP contribution in [0.3, 0.4) is 0 Å². The van der Waals surface area contributed by atoms with Gasteiger partial charge in [0.2, 0.25) is 0 Å². The number of nitrogens with one attached hydrogen (secondary N) is 1. The minimum Gasteiger partial charge on any atom is -0.258 e. The van der Waals surface area contributed by atoms with Crippen molar-refractivity contribution in [1.82, 2.24) is 24.8 Å². The lowest BCUT2D eigenvalue weighted by Crippen LogP contribution is -1.91. The van der Waals surface area contributed by atoms with Gasteiger partial charge in [0, 0.05) is 0 Å². The molecule has 3 aromatic heterocycles. The molecule has 0 spiro atoms. The van der Waals surface area contributed by atoms with Crippen LogP contribution in [0, 0.1) is 0 Å². The second kappa shape index (κ2) is 4.58. The molecule has 0 amide bonds. The standard InChI is InChI=1S/C11H11N5S2/c1-6(2)8-9(18-16-13-8)11-12-10(14-15-11)7-4-3-5-17-7/h3-6H,1-2H3,(H,12,14,15). The van der Waals surface area contributed by atoms with Crippen LogP contribution in [-0.4, -0.2) is 24.8 Å². The quantitative estimate of drug-likeness (QED) is 0.798. The van der Waals surface area contributed by atoms with Crippen molar-refractivity contribution in [3.63, 3.8) is 0 Å². The third-order valence-corrected chi connectivity index (χ3v) is 4.12. The van der Waals surface area contributed by atoms with Gasteiger partial charge in [-0.3, -0.25) is 5.10 Å². The molecule has 0 aromatic carbocycles. The Hall–Kier alpha value is -1.60. The minimum absolute atomic E-state index is 0.328. The van der Waals surface area contributed by atoms with E-state index in [0.29, 0.717) is 5.92 Å². The Morgan fingerprint density at radius 1 is 1.33 bits per heavy atom. The van der Waals surface area contributed by atoms with Crippen molar-refractivity contribution in [3.05, 3.63) is 23.2 Å². The zero-order chi connectivity index (χ0) is 12.5. The fraction of sp³-hybridized carbons (Fsp3) is 0.273. The summed E-state index contributed by atoms with van der Waals surface area (Å²) in [7, 11) is 0. The smallest absolute Gasteiger partial charge is 0.191 e. The van der Waals surface area contributed by atoms with Gasteiger partial charge < -0.3 is 0 Å². The summed E-state index contributed by atoms with van der Waals surface area (Å²) in [6.07, 6.45) is 0. The van der Waals surface area contributed by atoms with Gasteiger partial charge in [-0.05, 0) is 28.9 Å². The van der Waals surface area contributed by atoms with Gasteiger partial charge in [0.05, 0.1) is 10.6 Å². The number of rotatable bonds is 3. The Kier molecular flexibility index (Phi) is 2.92. The number of hydrogen-bond acceptors (Lipinski definition) is 6. The van der Waals surface area contributed by atoms with Crippen LogP contribution in [0.2, 0.25) is 0 Å². The number of nitrogens with zero attached hydrogens (tertiary/aromatic N) is 4. The Morgan fingerprint density at radius 2 is 2.22 bits per heavy atom. The summed E-state index contributed by atoms with van der Waals surface area (Å²) in [5.74, 6) is 1.80. The van der Waals surface area contributed by atoms with Gasteiger partial charge in [-0.1, -0.05) is 24.4 Å². The van der Waals surface area contributed by atoms with Crippen molar-refractivity contribution in [2.24, 2.45) is 0 Å². The van der Waals surface area contributed by atoms with E-state index in [1.807, 2.05) is 17.5 Å². The van der Waals surface area contributed by atoms with Crippen molar-refractivity contribution in [1.29, 1.82) is 0 Å². The molecule has 0 aliphatic carbocycles. The van der Waals surface area contributed by atoms with Crippen molar-refractivity contribution in [2.75, 3.05) is 0 Å². The van der Waals surface area contributed by atoms with Gasteiger partial charge >= 0.3 is 0 Å². The SMILES string of the molecule is CC(C)c1nnsc1-c1nc(-c2cccs2)n[nH]1. The predicted molar refractivity (Wildman–Crippen MR) is 72.7 cm³/mol. The van der Waals surface area contributed by atoms with Gasteiger partial charge in [0.1, 0.15) is 4.88 Å². The highest BCUT2D eigenvalue weighted by atomic mass is 32.1. The first kappa shape index (κ1) is 11.5. The molecule has 0 saturated carbocycles. The first-order valence-corrected chi connectivity index (χ1v) is 7.20. The molecule has 0 aliphatic heterocycles. The molecule has 0 fully saturated rings. The van der Waals surface area contributed by atoms with Crippen LogP contribution < -0.4 is 0 Å². The number of hydrogen-bond donors (Lipinski definition) is 1. The molecule has 7 heteroatoms. The average molecular weight is 277 g/mol. The second-order valence-corrected chi connectivity index (χ2v) is 5.83. The topological polar surface area (TPSA) is 67.3 Å². The number of aromatic amines is 1. The zero-order valence-electron chi connectivity index (χ0n) is 9.91. The van der Waals surface area contributed by atoms with Crippen LogP contribution in [-0.2, 0) is 0 Å². The van der Waals surface area contributed by atoms with Crippen molar-refractivity contribution >= 4 is 22.9 Å². The summed E-state index contributed by atoms with van der Waals surface area (Å²) in [6, 6.07) is 4.00. The molecular formula is C11H11N5S2. The number of H-pyrrole nitrogens is 1. The van der Waals surface area contributed by atoms with Crippen molar-refractivity contribution < 1.29 is 0 Å². The second-order valence-electron chi connectivity index (χ2n) is 4.13. The van der Waals surface area contributed by atoms with Crippen LogP contribution in [0.5, 0.6) is 0 Å². The highest BCUT2D eigenvalue weighted by Gasteiger charge is 2.17. The molecule has 18 heavy (non-hydrogen) atoms. The number of aromatic nitrogens is 5. The maximum Gasteiger partial charge on any atom is 0.191 e. The largest absolute Gasteiger partial charge is 0.258 e. The highest BCUT2D eigenvalue weighted by molar-refractivity contribution is 7.13. The van der Waals surface area contributed by atoms with Gasteiger partial charge in [0.15, 0.2) is 11.6 Å². The van der Waals surface area contributed by atoms with Crippen LogP contribution >= 0.6 is 22.9 Å². The summed E-state index contributed by atoms with van der Waals surface area (Å²) in [6.45, 7) is 4.19. The van der Waals surface area contributed by atoms with E-state index < -0.39 is 0 Å². The molecule has 0 atom stereocenters. The Balaban J connectivity index is 2.01. The molecule has 0 aliphatic rings. The Morgan fingerprint density at radius 3 is 2.94 bits per heavy atom. The predicted octanol–water partition coefficient (Wildman–Crippen LogP) is 3.18. The maximum absolute atomic E-state index is 4.51. The van der Waals surface area contributed by atoms with Gasteiger partial charge in [-0.15, -0.1) is 16.4 Å². The lowest BCUT2D eigenvalue weighted by Gasteiger charge is -1.99. The van der Waals surface area contributed by atoms with Crippen LogP contribution in [0.4, 0.5) is 0 Å². The normalized spacial score (nSPS) is 11.3. The Labute approximate surface area is 112 Å². The molecule has 3 aromatic rings. The summed E-state index contributed by atoms with van der Waals surface area (Å²) in [5.41, 5.74) is 0.967. The van der Waals surface area contributed by atoms with E-state index in [-0.39, 0.29) is 0 Å². The highest BCUT2D eigenvalue weighted by Crippen LogP contribution is 2.30. The molecule has 3 rings (SSSR count). The van der Waals surface area contributed by atoms with E-state index in [1.54, 1.807) is 11.3 Å². The van der Waals surface area contributed by atoms with Crippen molar-refractivity contribution in [2.45, 2.75) is 19.8 Å². The molecule has 5 nitrogen and oxygen atoms in total. The molecule has 3 heterocycles. The molecule has 92 valence electrons. The summed E-state index contributed by atoms with van der Waals surface area (Å²) >= 11 is 2.97. The molecule has 0 radical (unpaired) electrons. The van der Waals surface area contributed by atoms with Crippen LogP contribution in [0.25, 0.3) is 21.4 Å². The first-order valence-electron chi connectivity index (χ1n) is 5.54. The monoisotopic (exact) mass is 277 g/mol. The van der Waals surface area contributed by atoms with E-state index in [2.05, 4.69) is 38.6 Å². The van der Waals surface area contributed by atoms with Gasteiger partial charge in [-0.25, -0.2) is 4.98 Å². The van der Waals surface area contributed by atoms with E-state index >= 15 is 0 Å². The van der Waals surface area contributed by atoms with E-state index in [1.165, 1.54) is 11.5 Å². The van der Waals surface area contributed by atoms with E-state index in [0.717, 1.165) is 27.1 Å². The molecule has 0 saturated heterocycles. The van der Waals surface area contributed by atoms with Crippen LogP contribution in [0.15, 0.2) is 17.5 Å². The van der Waals surface area contributed by atoms with E-state index in [9.17, 15) is 0 Å². The molecule has 0 bridgehead atoms. The summed E-state index contributed by atoms with van der Waals surface area (Å²) in [5, 5.41) is 13.4. The summed E-state index contributed by atoms with van der Waals surface area (Å²) in [4.78, 5) is 6.54. The minimum atomic E-state index is 0.328. The average Bonchev–Trinajstić information content (AvgIpc) is 3.10. The molecule has 1 N–H and O–H groups in total. The number of thiophene rings is 1. The maximum atomic E-state index is 4.51.